The zero-order chi connectivity index (χ0) is 42.5. The first-order valence-corrected chi connectivity index (χ1v) is 21.4. The van der Waals surface area contributed by atoms with E-state index in [9.17, 15) is 0 Å². The van der Waals surface area contributed by atoms with Crippen LogP contribution in [0.1, 0.15) is 99.8 Å². The molecule has 0 atom stereocenters. The molecule has 0 N–H and O–H groups in total. The minimum atomic E-state index is -0.297. The van der Waals surface area contributed by atoms with E-state index in [1.165, 1.54) is 33.0 Å². The van der Waals surface area contributed by atoms with E-state index in [0.717, 1.165) is 72.2 Å². The molecule has 61 heavy (non-hydrogen) atoms. The summed E-state index contributed by atoms with van der Waals surface area (Å²) in [5.74, 6) is 0.896. The van der Waals surface area contributed by atoms with E-state index in [1.807, 2.05) is 12.3 Å². The summed E-state index contributed by atoms with van der Waals surface area (Å²) in [5, 5.41) is 3.50. The standard InChI is InChI=1S/C56H56N4.Pt/c1-53(2,3)39-23-24-47-44(31-39)46-33-41(55(7,8)9)32-45(50(46)58-47)42-21-16-22-48-51(42)59-52(60(48)56(10,11)12)38-27-37(28-40(29-38)54(4,5)6)43-30-36(34-18-14-13-15-19-34)26-35-20-17-25-57-49(35)43;/h13-26,28-33H,1-12H3;/q-2;+2. The molecule has 0 spiro atoms. The Morgan fingerprint density at radius 2 is 1.20 bits per heavy atom. The number of benzene rings is 6. The fourth-order valence-electron chi connectivity index (χ4n) is 8.67. The Kier molecular flexibility index (Phi) is 10.4. The van der Waals surface area contributed by atoms with Crippen LogP contribution in [0.2, 0.25) is 0 Å². The van der Waals surface area contributed by atoms with Crippen LogP contribution >= 0.6 is 0 Å². The van der Waals surface area contributed by atoms with Crippen LogP contribution in [0.3, 0.4) is 0 Å². The van der Waals surface area contributed by atoms with Gasteiger partial charge in [0.2, 0.25) is 0 Å². The van der Waals surface area contributed by atoms with Gasteiger partial charge < -0.3 is 9.55 Å². The number of nitrogens with zero attached hydrogens (tertiary/aromatic N) is 4. The van der Waals surface area contributed by atoms with Gasteiger partial charge in [-0.15, -0.1) is 40.4 Å². The molecule has 0 aliphatic rings. The molecule has 9 rings (SSSR count). The predicted molar refractivity (Wildman–Crippen MR) is 255 cm³/mol. The van der Waals surface area contributed by atoms with Gasteiger partial charge in [-0.25, -0.2) is 0 Å². The topological polar surface area (TPSA) is 44.8 Å². The van der Waals surface area contributed by atoms with Crippen molar-refractivity contribution in [3.63, 3.8) is 0 Å². The Labute approximate surface area is 376 Å². The van der Waals surface area contributed by atoms with Gasteiger partial charge in [-0.1, -0.05) is 158 Å². The second-order valence-corrected chi connectivity index (χ2v) is 20.8. The van der Waals surface area contributed by atoms with E-state index in [-0.39, 0.29) is 42.8 Å². The van der Waals surface area contributed by atoms with Gasteiger partial charge in [0, 0.05) is 22.8 Å². The molecule has 0 aliphatic carbocycles. The van der Waals surface area contributed by atoms with Crippen molar-refractivity contribution < 1.29 is 21.1 Å². The number of hydrogen-bond acceptors (Lipinski definition) is 2. The molecule has 5 heteroatoms. The summed E-state index contributed by atoms with van der Waals surface area (Å²) >= 11 is 0. The van der Waals surface area contributed by atoms with Crippen molar-refractivity contribution in [2.24, 2.45) is 0 Å². The Balaban J connectivity index is 0.00000514. The third-order valence-electron chi connectivity index (χ3n) is 12.1. The van der Waals surface area contributed by atoms with Crippen LogP contribution in [-0.4, -0.2) is 14.5 Å². The minimum Gasteiger partial charge on any atom is -0.656 e. The third kappa shape index (κ3) is 7.67. The normalized spacial score (nSPS) is 12.8. The second kappa shape index (κ2) is 14.9. The van der Waals surface area contributed by atoms with Crippen molar-refractivity contribution in [1.82, 2.24) is 19.5 Å². The molecular weight excluding hydrogens is 924 g/mol. The molecule has 0 unspecified atom stereocenters. The molecule has 0 saturated carbocycles. The first kappa shape index (κ1) is 42.4. The molecule has 0 aliphatic heterocycles. The van der Waals surface area contributed by atoms with Crippen LogP contribution in [0.25, 0.3) is 88.5 Å². The van der Waals surface area contributed by atoms with E-state index in [2.05, 4.69) is 203 Å². The molecule has 0 amide bonds. The van der Waals surface area contributed by atoms with Gasteiger partial charge in [0.05, 0.1) is 16.9 Å². The van der Waals surface area contributed by atoms with Crippen LogP contribution in [-0.2, 0) is 42.8 Å². The Morgan fingerprint density at radius 1 is 0.525 bits per heavy atom. The predicted octanol–water partition coefficient (Wildman–Crippen LogP) is 15.0. The summed E-state index contributed by atoms with van der Waals surface area (Å²) in [6.45, 7) is 27.4. The van der Waals surface area contributed by atoms with E-state index < -0.39 is 0 Å². The van der Waals surface area contributed by atoms with Crippen LogP contribution in [0.5, 0.6) is 0 Å². The van der Waals surface area contributed by atoms with E-state index in [4.69, 9.17) is 15.0 Å². The molecular formula is C56H56N4Pt. The largest absolute Gasteiger partial charge is 2.00 e. The van der Waals surface area contributed by atoms with Crippen LogP contribution < -0.4 is 4.98 Å². The quantitative estimate of drug-likeness (QED) is 0.165. The smallest absolute Gasteiger partial charge is 0.656 e. The summed E-state index contributed by atoms with van der Waals surface area (Å²) in [6, 6.07) is 46.1. The van der Waals surface area contributed by atoms with E-state index in [0.29, 0.717) is 0 Å². The summed E-state index contributed by atoms with van der Waals surface area (Å²) in [7, 11) is 0. The molecule has 0 saturated heterocycles. The maximum absolute atomic E-state index is 5.70. The average Bonchev–Trinajstić information content (AvgIpc) is 3.79. The molecule has 4 nitrogen and oxygen atoms in total. The van der Waals surface area contributed by atoms with Gasteiger partial charge in [0.25, 0.3) is 0 Å². The van der Waals surface area contributed by atoms with Crippen LogP contribution in [0, 0.1) is 6.07 Å². The summed E-state index contributed by atoms with van der Waals surface area (Å²) in [5.41, 5.74) is 15.9. The molecule has 3 heterocycles. The van der Waals surface area contributed by atoms with Crippen LogP contribution in [0.4, 0.5) is 0 Å². The molecule has 9 aromatic rings. The Morgan fingerprint density at radius 3 is 1.89 bits per heavy atom. The van der Waals surface area contributed by atoms with Crippen LogP contribution in [0.15, 0.2) is 121 Å². The fourth-order valence-corrected chi connectivity index (χ4v) is 8.67. The molecule has 6 aromatic carbocycles. The maximum atomic E-state index is 5.70. The molecule has 3 aromatic heterocycles. The van der Waals surface area contributed by atoms with Gasteiger partial charge in [-0.2, -0.15) is 0 Å². The van der Waals surface area contributed by atoms with Crippen molar-refractivity contribution in [1.29, 1.82) is 0 Å². The molecule has 0 fully saturated rings. The van der Waals surface area contributed by atoms with Gasteiger partial charge in [-0.3, -0.25) is 9.97 Å². The Hall–Kier alpha value is -5.31. The Bertz CT molecular complexity index is 3120. The van der Waals surface area contributed by atoms with Crippen molar-refractivity contribution in [2.75, 3.05) is 0 Å². The summed E-state index contributed by atoms with van der Waals surface area (Å²) in [6.07, 6.45) is 1.89. The number of rotatable bonds is 4. The third-order valence-corrected chi connectivity index (χ3v) is 12.1. The van der Waals surface area contributed by atoms with Crippen molar-refractivity contribution >= 4 is 43.7 Å². The average molecular weight is 980 g/mol. The van der Waals surface area contributed by atoms with Crippen molar-refractivity contribution in [2.45, 2.75) is 105 Å². The maximum Gasteiger partial charge on any atom is 2.00 e. The minimum absolute atomic E-state index is 0. The first-order chi connectivity index (χ1) is 28.3. The summed E-state index contributed by atoms with van der Waals surface area (Å²) in [4.78, 5) is 16.0. The SMILES string of the molecule is CC(C)(C)c1cc(-c2cc(-c3ccccc3)cc3cccnc23)[c-]c(-c2nc3c(-c4cc(C(C)(C)C)cc5c4[n-]c4ccc(C(C)(C)C)cc45)cccc3n2C(C)(C)C)c1.[Pt+2]. The number of fused-ring (bicyclic) bond motifs is 5. The van der Waals surface area contributed by atoms with E-state index in [1.54, 1.807) is 0 Å². The van der Waals surface area contributed by atoms with Gasteiger partial charge >= 0.3 is 21.1 Å². The van der Waals surface area contributed by atoms with Gasteiger partial charge in [-0.05, 0) is 99.2 Å². The molecule has 0 bridgehead atoms. The number of hydrogen-bond donors (Lipinski definition) is 0. The number of aromatic nitrogens is 4. The zero-order valence-electron chi connectivity index (χ0n) is 37.7. The fraction of sp³-hybridized carbons (Fsp3) is 0.286. The number of para-hydroxylation sites is 1. The monoisotopic (exact) mass is 979 g/mol. The van der Waals surface area contributed by atoms with Crippen molar-refractivity contribution in [3.8, 4) is 44.8 Å². The molecule has 310 valence electrons. The molecule has 0 radical (unpaired) electrons. The van der Waals surface area contributed by atoms with Crippen molar-refractivity contribution in [3.05, 3.63) is 144 Å². The summed E-state index contributed by atoms with van der Waals surface area (Å²) < 4.78 is 2.42. The van der Waals surface area contributed by atoms with Gasteiger partial charge in [0.1, 0.15) is 0 Å². The number of pyridine rings is 1. The first-order valence-electron chi connectivity index (χ1n) is 21.4. The second-order valence-electron chi connectivity index (χ2n) is 20.8. The van der Waals surface area contributed by atoms with Gasteiger partial charge in [0.15, 0.2) is 0 Å². The number of imidazole rings is 1. The zero-order valence-corrected chi connectivity index (χ0v) is 39.9. The van der Waals surface area contributed by atoms with E-state index >= 15 is 0 Å².